The molecule has 1 fully saturated rings. The Hall–Kier alpha value is -2.29. The molecule has 0 bridgehead atoms. The normalized spacial score (nSPS) is 16.6. The zero-order valence-electron chi connectivity index (χ0n) is 17.1. The maximum atomic E-state index is 12.9. The summed E-state index contributed by atoms with van der Waals surface area (Å²) in [5, 5.41) is 3.19. The van der Waals surface area contributed by atoms with Crippen LogP contribution in [-0.4, -0.2) is 61.2 Å². The average Bonchev–Trinajstić information content (AvgIpc) is 2.74. The number of benzene rings is 1. The number of nitrogens with one attached hydrogen (secondary N) is 1. The summed E-state index contributed by atoms with van der Waals surface area (Å²) in [4.78, 5) is 18.8. The Bertz CT molecular complexity index is 955. The quantitative estimate of drug-likeness (QED) is 0.778. The largest absolute Gasteiger partial charge is 0.339 e. The van der Waals surface area contributed by atoms with Crippen LogP contribution in [0.2, 0.25) is 0 Å². The van der Waals surface area contributed by atoms with Crippen LogP contribution in [0, 0.1) is 13.8 Å². The van der Waals surface area contributed by atoms with Crippen LogP contribution in [0.5, 0.6) is 0 Å². The van der Waals surface area contributed by atoms with Crippen LogP contribution < -0.4 is 5.32 Å². The van der Waals surface area contributed by atoms with Crippen molar-refractivity contribution in [3.8, 4) is 0 Å². The second kappa shape index (κ2) is 9.02. The minimum atomic E-state index is -3.54. The van der Waals surface area contributed by atoms with E-state index in [1.165, 1.54) is 4.31 Å². The third-order valence-electron chi connectivity index (χ3n) is 5.40. The molecule has 1 aromatic heterocycles. The maximum Gasteiger partial charge on any atom is 0.243 e. The number of hydrogen-bond donors (Lipinski definition) is 1. The third-order valence-corrected chi connectivity index (χ3v) is 7.29. The number of sulfonamides is 1. The lowest BCUT2D eigenvalue weighted by Gasteiger charge is -2.34. The van der Waals surface area contributed by atoms with Crippen LogP contribution in [0.15, 0.2) is 47.5 Å². The van der Waals surface area contributed by atoms with Gasteiger partial charge in [-0.05, 0) is 56.2 Å². The Kier molecular flexibility index (Phi) is 6.66. The minimum Gasteiger partial charge on any atom is -0.339 e. The molecule has 3 rings (SSSR count). The lowest BCUT2D eigenvalue weighted by molar-refractivity contribution is -0.131. The molecule has 2 aromatic rings. The molecule has 7 nitrogen and oxygen atoms in total. The Balaban J connectivity index is 1.54. The van der Waals surface area contributed by atoms with Crippen molar-refractivity contribution in [2.45, 2.75) is 31.7 Å². The molecule has 1 atom stereocenters. The predicted octanol–water partition coefficient (Wildman–Crippen LogP) is 1.88. The van der Waals surface area contributed by atoms with E-state index >= 15 is 0 Å². The molecular weight excluding hydrogens is 388 g/mol. The van der Waals surface area contributed by atoms with Gasteiger partial charge in [-0.2, -0.15) is 4.31 Å². The summed E-state index contributed by atoms with van der Waals surface area (Å²) < 4.78 is 27.3. The lowest BCUT2D eigenvalue weighted by Crippen LogP contribution is -2.52. The molecule has 0 radical (unpaired) electrons. The Morgan fingerprint density at radius 3 is 2.45 bits per heavy atom. The average molecular weight is 417 g/mol. The van der Waals surface area contributed by atoms with Gasteiger partial charge in [0.1, 0.15) is 0 Å². The molecule has 29 heavy (non-hydrogen) atoms. The molecule has 0 saturated carbocycles. The highest BCUT2D eigenvalue weighted by Gasteiger charge is 2.30. The number of rotatable bonds is 6. The standard InChI is InChI=1S/C21H28N4O3S/c1-16-7-8-19(14-17(16)2)29(27,28)25-12-10-24(11-13-25)21(26)15-23-18(3)20-6-4-5-9-22-20/h4-9,14,18,23H,10-13,15H2,1-3H3. The summed E-state index contributed by atoms with van der Waals surface area (Å²) in [6.45, 7) is 7.41. The van der Waals surface area contributed by atoms with Crippen molar-refractivity contribution in [2.75, 3.05) is 32.7 Å². The van der Waals surface area contributed by atoms with E-state index < -0.39 is 10.0 Å². The number of pyridine rings is 1. The first-order chi connectivity index (χ1) is 13.8. The van der Waals surface area contributed by atoms with E-state index in [0.29, 0.717) is 31.1 Å². The molecule has 1 saturated heterocycles. The van der Waals surface area contributed by atoms with Crippen LogP contribution in [0.25, 0.3) is 0 Å². The first kappa shape index (κ1) is 21.4. The fraction of sp³-hybridized carbons (Fsp3) is 0.429. The summed E-state index contributed by atoms with van der Waals surface area (Å²) in [7, 11) is -3.54. The number of nitrogens with zero attached hydrogens (tertiary/aromatic N) is 3. The van der Waals surface area contributed by atoms with Crippen LogP contribution in [0.4, 0.5) is 0 Å². The molecule has 2 heterocycles. The smallest absolute Gasteiger partial charge is 0.243 e. The van der Waals surface area contributed by atoms with Gasteiger partial charge in [0.15, 0.2) is 0 Å². The van der Waals surface area contributed by atoms with Crippen LogP contribution in [0.1, 0.15) is 29.8 Å². The van der Waals surface area contributed by atoms with E-state index in [0.717, 1.165) is 16.8 Å². The maximum absolute atomic E-state index is 12.9. The molecule has 1 N–H and O–H groups in total. The van der Waals surface area contributed by atoms with E-state index in [1.807, 2.05) is 45.0 Å². The number of aromatic nitrogens is 1. The van der Waals surface area contributed by atoms with Gasteiger partial charge < -0.3 is 10.2 Å². The van der Waals surface area contributed by atoms with E-state index in [1.54, 1.807) is 23.2 Å². The van der Waals surface area contributed by atoms with Gasteiger partial charge in [-0.15, -0.1) is 0 Å². The molecule has 1 aliphatic rings. The summed E-state index contributed by atoms with van der Waals surface area (Å²) >= 11 is 0. The Morgan fingerprint density at radius 2 is 1.83 bits per heavy atom. The SMILES string of the molecule is Cc1ccc(S(=O)(=O)N2CCN(C(=O)CNC(C)c3ccccn3)CC2)cc1C. The number of amides is 1. The number of piperazine rings is 1. The molecule has 8 heteroatoms. The first-order valence-electron chi connectivity index (χ1n) is 9.78. The molecular formula is C21H28N4O3S. The molecule has 0 spiro atoms. The van der Waals surface area contributed by atoms with Gasteiger partial charge in [-0.3, -0.25) is 9.78 Å². The van der Waals surface area contributed by atoms with Crippen molar-refractivity contribution < 1.29 is 13.2 Å². The molecule has 1 aliphatic heterocycles. The summed E-state index contributed by atoms with van der Waals surface area (Å²) in [5.41, 5.74) is 2.89. The summed E-state index contributed by atoms with van der Waals surface area (Å²) in [5.74, 6) is -0.0315. The number of carbonyl (C=O) groups excluding carboxylic acids is 1. The second-order valence-electron chi connectivity index (χ2n) is 7.39. The molecule has 0 aliphatic carbocycles. The van der Waals surface area contributed by atoms with Gasteiger partial charge in [-0.25, -0.2) is 8.42 Å². The Labute approximate surface area is 172 Å². The van der Waals surface area contributed by atoms with Gasteiger partial charge in [0.05, 0.1) is 17.1 Å². The van der Waals surface area contributed by atoms with Gasteiger partial charge in [-0.1, -0.05) is 12.1 Å². The zero-order valence-corrected chi connectivity index (χ0v) is 17.9. The van der Waals surface area contributed by atoms with Crippen molar-refractivity contribution in [1.82, 2.24) is 19.5 Å². The number of carbonyl (C=O) groups is 1. The monoisotopic (exact) mass is 416 g/mol. The number of aryl methyl sites for hydroxylation is 2. The van der Waals surface area contributed by atoms with Crippen molar-refractivity contribution in [1.29, 1.82) is 0 Å². The number of hydrogen-bond acceptors (Lipinski definition) is 5. The highest BCUT2D eigenvalue weighted by Crippen LogP contribution is 2.20. The topological polar surface area (TPSA) is 82.6 Å². The van der Waals surface area contributed by atoms with E-state index in [9.17, 15) is 13.2 Å². The fourth-order valence-corrected chi connectivity index (χ4v) is 4.80. The highest BCUT2D eigenvalue weighted by molar-refractivity contribution is 7.89. The van der Waals surface area contributed by atoms with Crippen molar-refractivity contribution >= 4 is 15.9 Å². The fourth-order valence-electron chi connectivity index (χ4n) is 3.29. The van der Waals surface area contributed by atoms with Crippen molar-refractivity contribution in [3.05, 3.63) is 59.4 Å². The lowest BCUT2D eigenvalue weighted by atomic mass is 10.1. The molecule has 1 unspecified atom stereocenters. The summed E-state index contributed by atoms with van der Waals surface area (Å²) in [6, 6.07) is 10.8. The zero-order chi connectivity index (χ0) is 21.0. The van der Waals surface area contributed by atoms with E-state index in [4.69, 9.17) is 0 Å². The molecule has 1 aromatic carbocycles. The molecule has 156 valence electrons. The van der Waals surface area contributed by atoms with Gasteiger partial charge in [0.2, 0.25) is 15.9 Å². The van der Waals surface area contributed by atoms with Crippen LogP contribution in [0.3, 0.4) is 0 Å². The first-order valence-corrected chi connectivity index (χ1v) is 11.2. The molecule has 1 amide bonds. The van der Waals surface area contributed by atoms with Crippen molar-refractivity contribution in [2.24, 2.45) is 0 Å². The minimum absolute atomic E-state index is 0.0315. The summed E-state index contributed by atoms with van der Waals surface area (Å²) in [6.07, 6.45) is 1.73. The predicted molar refractivity (Wildman–Crippen MR) is 112 cm³/mol. The van der Waals surface area contributed by atoms with Crippen LogP contribution >= 0.6 is 0 Å². The van der Waals surface area contributed by atoms with E-state index in [-0.39, 0.29) is 18.5 Å². The third kappa shape index (κ3) is 5.01. The van der Waals surface area contributed by atoms with Gasteiger partial charge >= 0.3 is 0 Å². The highest BCUT2D eigenvalue weighted by atomic mass is 32.2. The van der Waals surface area contributed by atoms with E-state index in [2.05, 4.69) is 10.3 Å². The second-order valence-corrected chi connectivity index (χ2v) is 9.33. The van der Waals surface area contributed by atoms with Gasteiger partial charge in [0.25, 0.3) is 0 Å². The van der Waals surface area contributed by atoms with Gasteiger partial charge in [0, 0.05) is 38.4 Å². The van der Waals surface area contributed by atoms with Crippen LogP contribution in [-0.2, 0) is 14.8 Å². The Morgan fingerprint density at radius 1 is 1.10 bits per heavy atom. The van der Waals surface area contributed by atoms with Crippen molar-refractivity contribution in [3.63, 3.8) is 0 Å².